The molecule has 0 saturated heterocycles. The summed E-state index contributed by atoms with van der Waals surface area (Å²) in [6.07, 6.45) is 2.97. The maximum atomic E-state index is 11.0. The third-order valence-corrected chi connectivity index (χ3v) is 2.71. The fraction of sp³-hybridized carbons (Fsp3) is 0.143. The molecule has 22 heavy (non-hydrogen) atoms. The van der Waals surface area contributed by atoms with Crippen LogP contribution in [0.1, 0.15) is 5.69 Å². The molecule has 1 aromatic heterocycles. The highest BCUT2D eigenvalue weighted by atomic mass is 16.6. The van der Waals surface area contributed by atoms with Crippen molar-refractivity contribution in [3.63, 3.8) is 0 Å². The van der Waals surface area contributed by atoms with Crippen molar-refractivity contribution in [3.05, 3.63) is 52.3 Å². The summed E-state index contributed by atoms with van der Waals surface area (Å²) < 4.78 is 5.61. The lowest BCUT2D eigenvalue weighted by Crippen LogP contribution is -1.97. The Kier molecular flexibility index (Phi) is 4.86. The lowest BCUT2D eigenvalue weighted by Gasteiger charge is -2.08. The van der Waals surface area contributed by atoms with Gasteiger partial charge in [-0.25, -0.2) is 0 Å². The molecule has 0 spiro atoms. The zero-order chi connectivity index (χ0) is 15.9. The van der Waals surface area contributed by atoms with Crippen molar-refractivity contribution in [2.45, 2.75) is 0 Å². The van der Waals surface area contributed by atoms with E-state index in [2.05, 4.69) is 20.3 Å². The van der Waals surface area contributed by atoms with Crippen LogP contribution in [-0.4, -0.2) is 30.3 Å². The van der Waals surface area contributed by atoms with E-state index in [0.29, 0.717) is 22.9 Å². The van der Waals surface area contributed by atoms with Crippen LogP contribution in [0.15, 0.2) is 41.7 Å². The molecule has 0 atom stereocenters. The molecule has 0 aliphatic carbocycles. The summed E-state index contributed by atoms with van der Waals surface area (Å²) in [7, 11) is 3.05. The van der Waals surface area contributed by atoms with Gasteiger partial charge in [0.2, 0.25) is 0 Å². The van der Waals surface area contributed by atoms with Crippen molar-refractivity contribution in [1.82, 2.24) is 4.98 Å². The second-order valence-corrected chi connectivity index (χ2v) is 4.12. The van der Waals surface area contributed by atoms with Crippen LogP contribution >= 0.6 is 0 Å². The van der Waals surface area contributed by atoms with Gasteiger partial charge in [-0.3, -0.25) is 15.1 Å². The second-order valence-electron chi connectivity index (χ2n) is 4.12. The monoisotopic (exact) mass is 302 g/mol. The van der Waals surface area contributed by atoms with E-state index in [9.17, 15) is 10.1 Å². The number of nitro benzene ring substituents is 1. The molecule has 0 fully saturated rings. The van der Waals surface area contributed by atoms with Crippen LogP contribution < -0.4 is 10.1 Å². The molecule has 0 amide bonds. The molecule has 2 rings (SSSR count). The van der Waals surface area contributed by atoms with Gasteiger partial charge in [0.15, 0.2) is 0 Å². The third kappa shape index (κ3) is 3.69. The number of anilines is 1. The first-order valence-corrected chi connectivity index (χ1v) is 6.30. The molecule has 0 saturated carbocycles. The zero-order valence-corrected chi connectivity index (χ0v) is 12.0. The van der Waals surface area contributed by atoms with Gasteiger partial charge in [-0.15, -0.1) is 0 Å². The minimum Gasteiger partial charge on any atom is -0.457 e. The Hall–Kier alpha value is -3.16. The van der Waals surface area contributed by atoms with E-state index in [4.69, 9.17) is 4.74 Å². The van der Waals surface area contributed by atoms with E-state index in [1.807, 2.05) is 0 Å². The SMILES string of the molecule is CNc1ccc(Oc2ccnc(C=NOC)c2)cc1[N+](=O)[O-]. The number of oxime groups is 1. The normalized spacial score (nSPS) is 10.5. The summed E-state index contributed by atoms with van der Waals surface area (Å²) in [5, 5.41) is 17.4. The van der Waals surface area contributed by atoms with E-state index in [1.54, 1.807) is 37.5 Å². The first-order chi connectivity index (χ1) is 10.6. The highest BCUT2D eigenvalue weighted by molar-refractivity contribution is 5.77. The van der Waals surface area contributed by atoms with Crippen LogP contribution in [0.3, 0.4) is 0 Å². The van der Waals surface area contributed by atoms with E-state index in [1.165, 1.54) is 19.4 Å². The van der Waals surface area contributed by atoms with Crippen molar-refractivity contribution >= 4 is 17.6 Å². The van der Waals surface area contributed by atoms with Crippen molar-refractivity contribution in [3.8, 4) is 11.5 Å². The molecule has 0 unspecified atom stereocenters. The van der Waals surface area contributed by atoms with Gasteiger partial charge in [-0.1, -0.05) is 5.16 Å². The predicted octanol–water partition coefficient (Wildman–Crippen LogP) is 2.80. The average Bonchev–Trinajstić information content (AvgIpc) is 2.53. The number of ether oxygens (including phenoxy) is 1. The molecule has 8 heteroatoms. The second kappa shape index (κ2) is 7.02. The molecule has 8 nitrogen and oxygen atoms in total. The van der Waals surface area contributed by atoms with Gasteiger partial charge in [0.25, 0.3) is 5.69 Å². The number of aromatic nitrogens is 1. The molecule has 0 aliphatic heterocycles. The van der Waals surface area contributed by atoms with Crippen LogP contribution in [0, 0.1) is 10.1 Å². The van der Waals surface area contributed by atoms with Crippen molar-refractivity contribution in [2.24, 2.45) is 5.16 Å². The van der Waals surface area contributed by atoms with Gasteiger partial charge >= 0.3 is 0 Å². The highest BCUT2D eigenvalue weighted by Crippen LogP contribution is 2.31. The van der Waals surface area contributed by atoms with E-state index in [-0.39, 0.29) is 5.69 Å². The van der Waals surface area contributed by atoms with Crippen LogP contribution in [0.5, 0.6) is 11.5 Å². The molecule has 0 aliphatic rings. The quantitative estimate of drug-likeness (QED) is 0.500. The number of rotatable bonds is 6. The van der Waals surface area contributed by atoms with E-state index >= 15 is 0 Å². The number of hydrogen-bond acceptors (Lipinski definition) is 7. The minimum absolute atomic E-state index is 0.0600. The number of pyridine rings is 1. The number of hydrogen-bond donors (Lipinski definition) is 1. The summed E-state index contributed by atoms with van der Waals surface area (Å²) in [5.74, 6) is 0.839. The Morgan fingerprint density at radius 1 is 1.32 bits per heavy atom. The molecule has 0 bridgehead atoms. The van der Waals surface area contributed by atoms with Crippen LogP contribution in [0.25, 0.3) is 0 Å². The lowest BCUT2D eigenvalue weighted by atomic mass is 10.2. The number of nitro groups is 1. The smallest absolute Gasteiger partial charge is 0.296 e. The Labute approximate surface area is 126 Å². The average molecular weight is 302 g/mol. The fourth-order valence-corrected chi connectivity index (χ4v) is 1.74. The Morgan fingerprint density at radius 3 is 2.77 bits per heavy atom. The van der Waals surface area contributed by atoms with Crippen LogP contribution in [-0.2, 0) is 4.84 Å². The first-order valence-electron chi connectivity index (χ1n) is 6.30. The summed E-state index contributed by atoms with van der Waals surface area (Å²) in [6, 6.07) is 7.86. The van der Waals surface area contributed by atoms with Gasteiger partial charge < -0.3 is 14.9 Å². The number of benzene rings is 1. The van der Waals surface area contributed by atoms with E-state index in [0.717, 1.165) is 0 Å². The summed E-state index contributed by atoms with van der Waals surface area (Å²) in [4.78, 5) is 19.2. The minimum atomic E-state index is -0.470. The molecular weight excluding hydrogens is 288 g/mol. The maximum absolute atomic E-state index is 11.0. The Morgan fingerprint density at radius 2 is 2.09 bits per heavy atom. The molecule has 1 heterocycles. The molecule has 114 valence electrons. The van der Waals surface area contributed by atoms with Crippen LogP contribution in [0.2, 0.25) is 0 Å². The van der Waals surface area contributed by atoms with E-state index < -0.39 is 4.92 Å². The van der Waals surface area contributed by atoms with Crippen LogP contribution in [0.4, 0.5) is 11.4 Å². The number of nitrogens with zero attached hydrogens (tertiary/aromatic N) is 3. The highest BCUT2D eigenvalue weighted by Gasteiger charge is 2.14. The summed E-state index contributed by atoms with van der Waals surface area (Å²) in [5.41, 5.74) is 0.899. The molecule has 2 aromatic rings. The third-order valence-electron chi connectivity index (χ3n) is 2.71. The van der Waals surface area contributed by atoms with Crippen molar-refractivity contribution in [1.29, 1.82) is 0 Å². The first kappa shape index (κ1) is 15.2. The van der Waals surface area contributed by atoms with Crippen molar-refractivity contribution < 1.29 is 14.5 Å². The largest absolute Gasteiger partial charge is 0.457 e. The molecular formula is C14H14N4O4. The van der Waals surface area contributed by atoms with Gasteiger partial charge in [-0.2, -0.15) is 0 Å². The lowest BCUT2D eigenvalue weighted by molar-refractivity contribution is -0.384. The van der Waals surface area contributed by atoms with Crippen molar-refractivity contribution in [2.75, 3.05) is 19.5 Å². The molecule has 1 aromatic carbocycles. The van der Waals surface area contributed by atoms with Gasteiger partial charge in [0.05, 0.1) is 22.9 Å². The fourth-order valence-electron chi connectivity index (χ4n) is 1.74. The number of nitrogens with one attached hydrogen (secondary N) is 1. The molecule has 0 radical (unpaired) electrons. The summed E-state index contributed by atoms with van der Waals surface area (Å²) in [6.45, 7) is 0. The van der Waals surface area contributed by atoms with Gasteiger partial charge in [0, 0.05) is 19.3 Å². The molecule has 1 N–H and O–H groups in total. The van der Waals surface area contributed by atoms with Gasteiger partial charge in [-0.05, 0) is 18.2 Å². The topological polar surface area (TPSA) is 98.9 Å². The Balaban J connectivity index is 2.25. The standard InChI is InChI=1S/C14H14N4O4/c1-15-13-4-3-11(8-14(13)18(19)20)22-12-5-6-16-10(7-12)9-17-21-2/h3-9,15H,1-2H3. The predicted molar refractivity (Wildman–Crippen MR) is 81.6 cm³/mol. The van der Waals surface area contributed by atoms with Gasteiger partial charge in [0.1, 0.15) is 24.3 Å². The summed E-state index contributed by atoms with van der Waals surface area (Å²) >= 11 is 0. The zero-order valence-electron chi connectivity index (χ0n) is 12.0. The Bertz CT molecular complexity index is 703. The maximum Gasteiger partial charge on any atom is 0.296 e.